The minimum absolute atomic E-state index is 0.0183. The molecule has 1 saturated carbocycles. The molecule has 16 nitrogen and oxygen atoms in total. The maximum atomic E-state index is 13.9. The van der Waals surface area contributed by atoms with E-state index in [0.29, 0.717) is 40.7 Å². The van der Waals surface area contributed by atoms with Crippen molar-refractivity contribution in [3.63, 3.8) is 0 Å². The van der Waals surface area contributed by atoms with Gasteiger partial charge in [-0.1, -0.05) is 89.5 Å². The van der Waals surface area contributed by atoms with Crippen LogP contribution in [0.4, 0.5) is 5.69 Å². The lowest BCUT2D eigenvalue weighted by Crippen LogP contribution is -2.74. The van der Waals surface area contributed by atoms with Crippen LogP contribution in [0, 0.1) is 27.6 Å². The summed E-state index contributed by atoms with van der Waals surface area (Å²) >= 11 is 6.23. The third-order valence-corrected chi connectivity index (χ3v) is 12.8. The quantitative estimate of drug-likeness (QED) is 0.0597. The largest absolute Gasteiger partial charge is 0.489 e. The number of anilines is 1. The Morgan fingerprint density at radius 3 is 2.35 bits per heavy atom. The van der Waals surface area contributed by atoms with Gasteiger partial charge in [-0.25, -0.2) is 0 Å². The summed E-state index contributed by atoms with van der Waals surface area (Å²) in [7, 11) is 0. The molecule has 2 aliphatic rings. The molecule has 1 aliphatic heterocycles. The van der Waals surface area contributed by atoms with Gasteiger partial charge in [-0.05, 0) is 66.6 Å². The van der Waals surface area contributed by atoms with Gasteiger partial charge in [0.2, 0.25) is 17.7 Å². The maximum Gasteiger partial charge on any atom is 0.251 e. The number of rotatable bonds is 19. The minimum Gasteiger partial charge on any atom is -0.489 e. The topological polar surface area (TPSA) is 224 Å². The Balaban J connectivity index is 0.875. The van der Waals surface area contributed by atoms with Crippen LogP contribution >= 0.6 is 11.6 Å². The number of β-amino-alcohol motifs (C(OH)–C–C–N with tert-alkyl or cyclic N) is 1. The van der Waals surface area contributed by atoms with Gasteiger partial charge in [0, 0.05) is 78.6 Å². The molecular weight excluding hydrogens is 862 g/mol. The van der Waals surface area contributed by atoms with Crippen LogP contribution < -0.4 is 26.0 Å². The van der Waals surface area contributed by atoms with Crippen molar-refractivity contribution < 1.29 is 33.8 Å². The van der Waals surface area contributed by atoms with Crippen LogP contribution in [-0.4, -0.2) is 106 Å². The molecule has 17 heteroatoms. The van der Waals surface area contributed by atoms with Crippen molar-refractivity contribution in [1.82, 2.24) is 36.3 Å². The molecule has 1 aromatic heterocycles. The average Bonchev–Trinajstić information content (AvgIpc) is 3.97. The number of carbonyl (C=O) groups excluding carboxylic acids is 4. The van der Waals surface area contributed by atoms with Crippen molar-refractivity contribution in [2.24, 2.45) is 16.2 Å². The summed E-state index contributed by atoms with van der Waals surface area (Å²) in [5.74, 6) is -0.856. The fourth-order valence-electron chi connectivity index (χ4n) is 9.22. The number of carbonyl (C=O) groups is 4. The molecule has 0 spiro atoms. The summed E-state index contributed by atoms with van der Waals surface area (Å²) < 4.78 is 12.0. The molecule has 66 heavy (non-hydrogen) atoms. The van der Waals surface area contributed by atoms with E-state index in [1.807, 2.05) is 57.2 Å². The number of unbranched alkanes of at least 4 members (excludes halogenated alkanes) is 2. The lowest BCUT2D eigenvalue weighted by molar-refractivity contribution is -0.164. The van der Waals surface area contributed by atoms with Crippen LogP contribution in [0.3, 0.4) is 0 Å². The molecular formula is C49H62ClN9O7. The SMILES string of the molecule is CC(C)(C)[C@H](NC(=O)COCCCCCNc1ccc(C(=O)N[C@H]2C(C)(C)[C@H](Oc3ccc(C#N)c(Cl)c3)C2(C)C)cc1)C(=O)N1C[C@H](O)C[C@H]1C(=O)NCc1ccc(-c2c[nH]nn2)cc1. The zero-order valence-corrected chi connectivity index (χ0v) is 39.5. The second-order valence-electron chi connectivity index (χ2n) is 19.5. The Hall–Kier alpha value is -6.02. The van der Waals surface area contributed by atoms with E-state index in [0.717, 1.165) is 36.1 Å². The lowest BCUT2D eigenvalue weighted by atomic mass is 9.49. The van der Waals surface area contributed by atoms with Crippen molar-refractivity contribution in [3.05, 3.63) is 94.6 Å². The van der Waals surface area contributed by atoms with Gasteiger partial charge in [0.05, 0.1) is 16.7 Å². The number of halogens is 1. The molecule has 0 bridgehead atoms. The number of aromatic amines is 1. The number of aliphatic hydroxyl groups excluding tert-OH is 1. The first-order valence-corrected chi connectivity index (χ1v) is 22.8. The number of nitrogens with one attached hydrogen (secondary N) is 5. The standard InChI is InChI=1S/C49H62ClN9O7/c1-47(2,3)41(44(64)59-28-35(60)23-39(59)43(63)53-26-30-11-13-31(14-12-30)38-27-54-58-57-38)55-40(61)29-65-22-10-8-9-21-52-34-18-15-32(16-19-34)42(62)56-45-48(4,5)46(49(45,6)7)66-36-20-17-33(25-51)37(50)24-36/h11-20,24,27,35,39,41,45-46,52,60H,8-10,21-23,26,28-29H2,1-7H3,(H,53,63)(H,55,61)(H,56,62)(H,54,57,58)/t35-,39+,41-,45-,46-/m1/s1. The summed E-state index contributed by atoms with van der Waals surface area (Å²) in [6.45, 7) is 14.8. The van der Waals surface area contributed by atoms with E-state index in [9.17, 15) is 29.5 Å². The number of H-pyrrole nitrogens is 1. The van der Waals surface area contributed by atoms with E-state index in [1.54, 1.807) is 36.5 Å². The second-order valence-corrected chi connectivity index (χ2v) is 19.9. The Morgan fingerprint density at radius 2 is 1.71 bits per heavy atom. The smallest absolute Gasteiger partial charge is 0.251 e. The van der Waals surface area contributed by atoms with E-state index >= 15 is 0 Å². The van der Waals surface area contributed by atoms with Gasteiger partial charge in [-0.2, -0.15) is 5.26 Å². The molecule has 1 aliphatic carbocycles. The number of hydrogen-bond acceptors (Lipinski definition) is 11. The van der Waals surface area contributed by atoms with Crippen LogP contribution in [0.2, 0.25) is 5.02 Å². The van der Waals surface area contributed by atoms with E-state index in [4.69, 9.17) is 21.1 Å². The van der Waals surface area contributed by atoms with Crippen molar-refractivity contribution in [1.29, 1.82) is 5.26 Å². The summed E-state index contributed by atoms with van der Waals surface area (Å²) in [6, 6.07) is 20.0. The lowest BCUT2D eigenvalue weighted by Gasteiger charge is -2.63. The predicted octanol–water partition coefficient (Wildman–Crippen LogP) is 6.02. The van der Waals surface area contributed by atoms with Crippen molar-refractivity contribution in [2.75, 3.05) is 31.6 Å². The number of nitriles is 1. The molecule has 3 aromatic carbocycles. The number of aromatic nitrogens is 3. The molecule has 352 valence electrons. The highest BCUT2D eigenvalue weighted by Gasteiger charge is 2.64. The van der Waals surface area contributed by atoms with Crippen molar-refractivity contribution >= 4 is 40.9 Å². The second kappa shape index (κ2) is 21.1. The molecule has 6 N–H and O–H groups in total. The van der Waals surface area contributed by atoms with Gasteiger partial charge < -0.3 is 40.7 Å². The first kappa shape index (κ1) is 49.4. The van der Waals surface area contributed by atoms with Crippen LogP contribution in [0.5, 0.6) is 5.75 Å². The van der Waals surface area contributed by atoms with Gasteiger partial charge in [0.25, 0.3) is 5.91 Å². The van der Waals surface area contributed by atoms with E-state index in [2.05, 4.69) is 70.4 Å². The molecule has 0 radical (unpaired) electrons. The third-order valence-electron chi connectivity index (χ3n) is 12.5. The molecule has 4 aromatic rings. The van der Waals surface area contributed by atoms with E-state index in [-0.39, 0.29) is 60.9 Å². The van der Waals surface area contributed by atoms with Crippen LogP contribution in [0.1, 0.15) is 95.6 Å². The zero-order chi connectivity index (χ0) is 47.8. The van der Waals surface area contributed by atoms with Gasteiger partial charge in [-0.15, -0.1) is 5.10 Å². The minimum atomic E-state index is -0.953. The molecule has 2 fully saturated rings. The number of nitrogens with zero attached hydrogens (tertiary/aromatic N) is 4. The zero-order valence-electron chi connectivity index (χ0n) is 38.7. The van der Waals surface area contributed by atoms with Crippen LogP contribution in [0.15, 0.2) is 72.9 Å². The fourth-order valence-corrected chi connectivity index (χ4v) is 9.43. The summed E-state index contributed by atoms with van der Waals surface area (Å²) in [5.41, 5.74) is 2.81. The first-order chi connectivity index (χ1) is 31.3. The average molecular weight is 925 g/mol. The molecule has 3 atom stereocenters. The van der Waals surface area contributed by atoms with E-state index in [1.165, 1.54) is 4.90 Å². The Labute approximate surface area is 391 Å². The van der Waals surface area contributed by atoms with Gasteiger partial charge in [0.15, 0.2) is 0 Å². The van der Waals surface area contributed by atoms with Gasteiger partial charge >= 0.3 is 0 Å². The highest BCUT2D eigenvalue weighted by molar-refractivity contribution is 6.31. The molecule has 2 heterocycles. The van der Waals surface area contributed by atoms with Gasteiger partial charge in [-0.3, -0.25) is 24.3 Å². The number of benzene rings is 3. The normalized spacial score (nSPS) is 20.0. The summed E-state index contributed by atoms with van der Waals surface area (Å²) in [5, 5.41) is 42.8. The van der Waals surface area contributed by atoms with E-state index < -0.39 is 35.4 Å². The monoisotopic (exact) mass is 923 g/mol. The number of likely N-dealkylation sites (tertiary alicyclic amines) is 1. The van der Waals surface area contributed by atoms with Crippen LogP contribution in [-0.2, 0) is 25.7 Å². The number of amides is 4. The van der Waals surface area contributed by atoms with Crippen molar-refractivity contribution in [3.8, 4) is 23.1 Å². The number of hydrogen-bond donors (Lipinski definition) is 6. The Bertz CT molecular complexity index is 2340. The summed E-state index contributed by atoms with van der Waals surface area (Å²) in [6.07, 6.45) is 3.13. The third kappa shape index (κ3) is 11.9. The number of ether oxygens (including phenoxy) is 2. The van der Waals surface area contributed by atoms with Crippen LogP contribution in [0.25, 0.3) is 11.3 Å². The molecule has 0 unspecified atom stereocenters. The predicted molar refractivity (Wildman–Crippen MR) is 250 cm³/mol. The molecule has 1 saturated heterocycles. The first-order valence-electron chi connectivity index (χ1n) is 22.4. The molecule has 6 rings (SSSR count). The number of aliphatic hydroxyl groups is 1. The van der Waals surface area contributed by atoms with Gasteiger partial charge in [0.1, 0.15) is 42.3 Å². The fraction of sp³-hybridized carbons (Fsp3) is 0.490. The Kier molecular flexibility index (Phi) is 15.8. The molecule has 4 amide bonds. The highest BCUT2D eigenvalue weighted by Crippen LogP contribution is 2.55. The Morgan fingerprint density at radius 1 is 1.00 bits per heavy atom. The summed E-state index contributed by atoms with van der Waals surface area (Å²) in [4.78, 5) is 55.1. The highest BCUT2D eigenvalue weighted by atomic mass is 35.5. The van der Waals surface area contributed by atoms with Crippen molar-refractivity contribution in [2.45, 2.75) is 111 Å². The maximum absolute atomic E-state index is 13.9.